The van der Waals surface area contributed by atoms with Crippen molar-refractivity contribution < 1.29 is 9.53 Å². The molecule has 0 spiro atoms. The molecule has 5 heteroatoms. The van der Waals surface area contributed by atoms with Crippen molar-refractivity contribution in [3.05, 3.63) is 0 Å². The molecule has 1 saturated carbocycles. The second-order valence-corrected chi connectivity index (χ2v) is 8.06. The second kappa shape index (κ2) is 8.63. The molecule has 1 amide bonds. The topological polar surface area (TPSA) is 67.6 Å². The van der Waals surface area contributed by atoms with E-state index < -0.39 is 5.54 Å². The van der Waals surface area contributed by atoms with Crippen LogP contribution in [-0.4, -0.2) is 55.2 Å². The molecular weight excluding hydrogens is 302 g/mol. The molecule has 1 heterocycles. The van der Waals surface area contributed by atoms with Gasteiger partial charge in [0.1, 0.15) is 5.54 Å². The Labute approximate surface area is 147 Å². The van der Waals surface area contributed by atoms with Crippen molar-refractivity contribution in [1.82, 2.24) is 10.2 Å². The summed E-state index contributed by atoms with van der Waals surface area (Å²) in [4.78, 5) is 15.1. The average Bonchev–Trinajstić information content (AvgIpc) is 2.58. The van der Waals surface area contributed by atoms with Crippen LogP contribution >= 0.6 is 0 Å². The van der Waals surface area contributed by atoms with Crippen LogP contribution in [0.2, 0.25) is 0 Å². The molecule has 0 aromatic carbocycles. The summed E-state index contributed by atoms with van der Waals surface area (Å²) in [5.41, 5.74) is 5.29. The fourth-order valence-electron chi connectivity index (χ4n) is 4.00. The van der Waals surface area contributed by atoms with Crippen LogP contribution in [0.5, 0.6) is 0 Å². The number of carbonyl (C=O) groups excluding carboxylic acids is 1. The van der Waals surface area contributed by atoms with E-state index in [2.05, 4.69) is 10.2 Å². The smallest absolute Gasteiger partial charge is 0.240 e. The summed E-state index contributed by atoms with van der Waals surface area (Å²) in [5.74, 6) is -0.0144. The lowest BCUT2D eigenvalue weighted by atomic mass is 9.54. The Bertz CT molecular complexity index is 407. The van der Waals surface area contributed by atoms with Gasteiger partial charge in [0.15, 0.2) is 0 Å². The Morgan fingerprint density at radius 3 is 2.54 bits per heavy atom. The number of amides is 1. The van der Waals surface area contributed by atoms with E-state index >= 15 is 0 Å². The van der Waals surface area contributed by atoms with E-state index in [1.807, 2.05) is 20.8 Å². The van der Waals surface area contributed by atoms with Gasteiger partial charge in [0.2, 0.25) is 5.91 Å². The highest BCUT2D eigenvalue weighted by Gasteiger charge is 2.62. The number of nitrogens with zero attached hydrogens (tertiary/aromatic N) is 1. The summed E-state index contributed by atoms with van der Waals surface area (Å²) in [6.45, 7) is 11.2. The molecule has 1 aliphatic carbocycles. The van der Waals surface area contributed by atoms with E-state index in [1.54, 1.807) is 0 Å². The molecule has 1 aliphatic heterocycles. The number of rotatable bonds is 9. The predicted octanol–water partition coefficient (Wildman–Crippen LogP) is 2.29. The summed E-state index contributed by atoms with van der Waals surface area (Å²) in [7, 11) is 0. The summed E-state index contributed by atoms with van der Waals surface area (Å²) in [6.07, 6.45) is 8.23. The van der Waals surface area contributed by atoms with Crippen molar-refractivity contribution in [3.8, 4) is 0 Å². The number of likely N-dealkylation sites (tertiary alicyclic amines) is 1. The molecule has 3 N–H and O–H groups in total. The van der Waals surface area contributed by atoms with E-state index in [9.17, 15) is 4.79 Å². The van der Waals surface area contributed by atoms with Crippen LogP contribution in [0, 0.1) is 5.41 Å². The van der Waals surface area contributed by atoms with Crippen molar-refractivity contribution in [2.75, 3.05) is 32.8 Å². The quantitative estimate of drug-likeness (QED) is 0.633. The first kappa shape index (κ1) is 19.7. The number of nitrogens with one attached hydrogen (secondary N) is 1. The minimum atomic E-state index is -0.791. The summed E-state index contributed by atoms with van der Waals surface area (Å²) in [5, 5.41) is 3.05. The predicted molar refractivity (Wildman–Crippen MR) is 97.9 cm³/mol. The summed E-state index contributed by atoms with van der Waals surface area (Å²) >= 11 is 0. The van der Waals surface area contributed by atoms with Gasteiger partial charge in [-0.15, -0.1) is 0 Å². The first-order valence-electron chi connectivity index (χ1n) is 9.83. The first-order valence-corrected chi connectivity index (χ1v) is 9.83. The van der Waals surface area contributed by atoms with E-state index in [-0.39, 0.29) is 17.4 Å². The van der Waals surface area contributed by atoms with Gasteiger partial charge in [-0.3, -0.25) is 4.79 Å². The van der Waals surface area contributed by atoms with Crippen molar-refractivity contribution in [1.29, 1.82) is 0 Å². The number of piperidine rings is 1. The highest BCUT2D eigenvalue weighted by Crippen LogP contribution is 2.49. The number of unbranched alkanes of at least 4 members (excludes halogenated alkanes) is 2. The lowest BCUT2D eigenvalue weighted by Gasteiger charge is -2.57. The molecule has 2 aliphatic rings. The minimum Gasteiger partial charge on any atom is -0.378 e. The van der Waals surface area contributed by atoms with E-state index in [0.29, 0.717) is 13.0 Å². The van der Waals surface area contributed by atoms with E-state index in [1.165, 1.54) is 51.7 Å². The molecule has 5 nitrogen and oxygen atoms in total. The second-order valence-electron chi connectivity index (χ2n) is 8.06. The Morgan fingerprint density at radius 1 is 1.21 bits per heavy atom. The van der Waals surface area contributed by atoms with E-state index in [0.717, 1.165) is 13.0 Å². The molecule has 24 heavy (non-hydrogen) atoms. The fourth-order valence-corrected chi connectivity index (χ4v) is 4.00. The average molecular weight is 340 g/mol. The monoisotopic (exact) mass is 339 g/mol. The number of hydrogen-bond acceptors (Lipinski definition) is 4. The van der Waals surface area contributed by atoms with Gasteiger partial charge in [0, 0.05) is 25.0 Å². The Hall–Kier alpha value is -0.650. The molecule has 2 unspecified atom stereocenters. The first-order chi connectivity index (χ1) is 11.4. The van der Waals surface area contributed by atoms with E-state index in [4.69, 9.17) is 10.5 Å². The fraction of sp³-hybridized carbons (Fsp3) is 0.947. The summed E-state index contributed by atoms with van der Waals surface area (Å²) in [6, 6.07) is 0. The van der Waals surface area contributed by atoms with Crippen molar-refractivity contribution in [2.45, 2.75) is 77.4 Å². The van der Waals surface area contributed by atoms with Gasteiger partial charge in [0.25, 0.3) is 0 Å². The Morgan fingerprint density at radius 2 is 1.92 bits per heavy atom. The Kier molecular flexibility index (Phi) is 7.08. The zero-order valence-corrected chi connectivity index (χ0v) is 15.9. The van der Waals surface area contributed by atoms with Gasteiger partial charge >= 0.3 is 0 Å². The van der Waals surface area contributed by atoms with Crippen LogP contribution < -0.4 is 11.1 Å². The van der Waals surface area contributed by atoms with Crippen LogP contribution in [0.25, 0.3) is 0 Å². The van der Waals surface area contributed by atoms with Gasteiger partial charge in [-0.1, -0.05) is 26.7 Å². The maximum absolute atomic E-state index is 12.5. The number of ether oxygens (including phenoxy) is 1. The SMILES string of the molecule is CCOC1CC(N)(C(=O)NCCCCCN2CCCCC2)C1(C)C. The molecule has 2 rings (SSSR count). The number of hydrogen-bond donors (Lipinski definition) is 2. The standard InChI is InChI=1S/C19H37N3O2/c1-4-24-16-15-19(20,18(16,2)3)17(23)21-11-7-5-8-12-22-13-9-6-10-14-22/h16H,4-15,20H2,1-3H3,(H,21,23). The Balaban J connectivity index is 1.59. The lowest BCUT2D eigenvalue weighted by Crippen LogP contribution is -2.75. The lowest BCUT2D eigenvalue weighted by molar-refractivity contribution is -0.170. The molecule has 0 radical (unpaired) electrons. The van der Waals surface area contributed by atoms with Gasteiger partial charge in [-0.2, -0.15) is 0 Å². The molecule has 0 bridgehead atoms. The van der Waals surface area contributed by atoms with Crippen LogP contribution in [0.1, 0.15) is 65.7 Å². The zero-order valence-electron chi connectivity index (χ0n) is 15.9. The molecule has 140 valence electrons. The van der Waals surface area contributed by atoms with Crippen molar-refractivity contribution >= 4 is 5.91 Å². The van der Waals surface area contributed by atoms with Gasteiger partial charge in [-0.25, -0.2) is 0 Å². The molecule has 2 fully saturated rings. The third-order valence-corrected chi connectivity index (χ3v) is 6.12. The minimum absolute atomic E-state index is 0.0144. The highest BCUT2D eigenvalue weighted by molar-refractivity contribution is 5.88. The molecule has 2 atom stereocenters. The highest BCUT2D eigenvalue weighted by atomic mass is 16.5. The molecular formula is C19H37N3O2. The van der Waals surface area contributed by atoms with Crippen molar-refractivity contribution in [3.63, 3.8) is 0 Å². The summed E-state index contributed by atoms with van der Waals surface area (Å²) < 4.78 is 5.69. The van der Waals surface area contributed by atoms with Gasteiger partial charge in [0.05, 0.1) is 6.10 Å². The largest absolute Gasteiger partial charge is 0.378 e. The molecule has 0 aromatic heterocycles. The molecule has 1 saturated heterocycles. The zero-order chi connectivity index (χ0) is 17.6. The van der Waals surface area contributed by atoms with Crippen LogP contribution in [0.15, 0.2) is 0 Å². The maximum Gasteiger partial charge on any atom is 0.240 e. The third-order valence-electron chi connectivity index (χ3n) is 6.12. The van der Waals surface area contributed by atoms with Gasteiger partial charge in [-0.05, 0) is 52.2 Å². The van der Waals surface area contributed by atoms with Gasteiger partial charge < -0.3 is 20.7 Å². The van der Waals surface area contributed by atoms with Crippen LogP contribution in [0.3, 0.4) is 0 Å². The van der Waals surface area contributed by atoms with Crippen LogP contribution in [0.4, 0.5) is 0 Å². The van der Waals surface area contributed by atoms with Crippen molar-refractivity contribution in [2.24, 2.45) is 11.1 Å². The maximum atomic E-state index is 12.5. The third kappa shape index (κ3) is 4.30. The number of nitrogens with two attached hydrogens (primary N) is 1. The molecule has 0 aromatic rings. The van der Waals surface area contributed by atoms with Crippen LogP contribution in [-0.2, 0) is 9.53 Å². The normalized spacial score (nSPS) is 29.9. The number of carbonyl (C=O) groups is 1.